The molecule has 0 fully saturated rings. The highest BCUT2D eigenvalue weighted by Gasteiger charge is 2.08. The van der Waals surface area contributed by atoms with E-state index in [1.54, 1.807) is 31.3 Å². The molecule has 118 valence electrons. The lowest BCUT2D eigenvalue weighted by Gasteiger charge is -2.06. The van der Waals surface area contributed by atoms with E-state index in [4.69, 9.17) is 9.47 Å². The minimum absolute atomic E-state index is 0.324. The fourth-order valence-corrected chi connectivity index (χ4v) is 2.83. The zero-order valence-corrected chi connectivity index (χ0v) is 13.5. The first-order valence-electron chi connectivity index (χ1n) is 6.91. The molecule has 0 radical (unpaired) electrons. The molecule has 0 bridgehead atoms. The van der Waals surface area contributed by atoms with E-state index in [-0.39, 0.29) is 5.97 Å². The van der Waals surface area contributed by atoms with Gasteiger partial charge in [-0.1, -0.05) is 23.9 Å². The molecule has 6 nitrogen and oxygen atoms in total. The molecule has 0 unspecified atom stereocenters. The normalized spacial score (nSPS) is 10.6. The molecule has 2 rings (SSSR count). The van der Waals surface area contributed by atoms with Crippen LogP contribution in [-0.4, -0.2) is 41.6 Å². The number of esters is 1. The largest absolute Gasteiger partial charge is 0.465 e. The Kier molecular flexibility index (Phi) is 6.42. The van der Waals surface area contributed by atoms with Gasteiger partial charge in [0.1, 0.15) is 6.33 Å². The molecule has 22 heavy (non-hydrogen) atoms. The Bertz CT molecular complexity index is 616. The number of aryl methyl sites for hydroxylation is 1. The highest BCUT2D eigenvalue weighted by Crippen LogP contribution is 2.21. The molecule has 0 spiro atoms. The number of hydrogen-bond acceptors (Lipinski definition) is 6. The Morgan fingerprint density at radius 1 is 1.36 bits per heavy atom. The van der Waals surface area contributed by atoms with Crippen molar-refractivity contribution in [3.63, 3.8) is 0 Å². The summed E-state index contributed by atoms with van der Waals surface area (Å²) in [4.78, 5) is 11.5. The third-order valence-electron chi connectivity index (χ3n) is 3.04. The molecule has 0 aliphatic carbocycles. The second kappa shape index (κ2) is 8.55. The van der Waals surface area contributed by atoms with Crippen molar-refractivity contribution in [2.75, 3.05) is 20.8 Å². The number of carbonyl (C=O) groups excluding carboxylic acids is 1. The lowest BCUT2D eigenvalue weighted by molar-refractivity contribution is 0.0600. The van der Waals surface area contributed by atoms with Crippen LogP contribution >= 0.6 is 11.8 Å². The van der Waals surface area contributed by atoms with Crippen LogP contribution in [0.2, 0.25) is 0 Å². The Morgan fingerprint density at radius 2 is 2.23 bits per heavy atom. The first-order valence-corrected chi connectivity index (χ1v) is 7.90. The summed E-state index contributed by atoms with van der Waals surface area (Å²) in [5.74, 6) is 0.392. The number of carbonyl (C=O) groups is 1. The first kappa shape index (κ1) is 16.5. The van der Waals surface area contributed by atoms with Crippen LogP contribution in [0.5, 0.6) is 0 Å². The summed E-state index contributed by atoms with van der Waals surface area (Å²) < 4.78 is 11.8. The van der Waals surface area contributed by atoms with E-state index >= 15 is 0 Å². The average molecular weight is 321 g/mol. The summed E-state index contributed by atoms with van der Waals surface area (Å²) in [6.07, 6.45) is 2.64. The van der Waals surface area contributed by atoms with Gasteiger partial charge in [0.15, 0.2) is 5.16 Å². The predicted octanol–water partition coefficient (Wildman–Crippen LogP) is 2.39. The SMILES string of the molecule is COCCCn1cnnc1SCc1cccc(C(=O)OC)c1. The van der Waals surface area contributed by atoms with Crippen molar-refractivity contribution in [1.29, 1.82) is 0 Å². The molecule has 2 aromatic rings. The van der Waals surface area contributed by atoms with Crippen LogP contribution in [0.4, 0.5) is 0 Å². The van der Waals surface area contributed by atoms with E-state index in [1.165, 1.54) is 7.11 Å². The van der Waals surface area contributed by atoms with Crippen LogP contribution in [0.1, 0.15) is 22.3 Å². The summed E-state index contributed by atoms with van der Waals surface area (Å²) in [5, 5.41) is 8.94. The van der Waals surface area contributed by atoms with Gasteiger partial charge in [0.25, 0.3) is 0 Å². The van der Waals surface area contributed by atoms with Crippen molar-refractivity contribution in [2.45, 2.75) is 23.9 Å². The van der Waals surface area contributed by atoms with Gasteiger partial charge in [-0.25, -0.2) is 4.79 Å². The summed E-state index contributed by atoms with van der Waals surface area (Å²) in [5.41, 5.74) is 1.60. The summed E-state index contributed by atoms with van der Waals surface area (Å²) >= 11 is 1.59. The van der Waals surface area contributed by atoms with Crippen molar-refractivity contribution in [1.82, 2.24) is 14.8 Å². The standard InChI is InChI=1S/C15H19N3O3S/c1-20-8-4-7-18-11-16-17-15(18)22-10-12-5-3-6-13(9-12)14(19)21-2/h3,5-6,9,11H,4,7-8,10H2,1-2H3. The minimum Gasteiger partial charge on any atom is -0.465 e. The zero-order valence-electron chi connectivity index (χ0n) is 12.7. The fourth-order valence-electron chi connectivity index (χ4n) is 1.94. The molecular formula is C15H19N3O3S. The van der Waals surface area contributed by atoms with E-state index in [9.17, 15) is 4.79 Å². The van der Waals surface area contributed by atoms with Gasteiger partial charge in [0.05, 0.1) is 12.7 Å². The molecule has 1 aromatic carbocycles. The number of benzene rings is 1. The molecular weight excluding hydrogens is 302 g/mol. The number of thioether (sulfide) groups is 1. The van der Waals surface area contributed by atoms with E-state index in [0.717, 1.165) is 23.7 Å². The third-order valence-corrected chi connectivity index (χ3v) is 4.10. The van der Waals surface area contributed by atoms with Crippen LogP contribution < -0.4 is 0 Å². The average Bonchev–Trinajstić information content (AvgIpc) is 3.00. The molecule has 0 aliphatic heterocycles. The maximum absolute atomic E-state index is 11.5. The predicted molar refractivity (Wildman–Crippen MR) is 83.9 cm³/mol. The quantitative estimate of drug-likeness (QED) is 0.422. The Morgan fingerprint density at radius 3 is 3.00 bits per heavy atom. The molecule has 0 saturated carbocycles. The van der Waals surface area contributed by atoms with E-state index in [2.05, 4.69) is 10.2 Å². The number of rotatable bonds is 8. The van der Waals surface area contributed by atoms with Gasteiger partial charge in [-0.2, -0.15) is 0 Å². The molecule has 1 aromatic heterocycles. The lowest BCUT2D eigenvalue weighted by atomic mass is 10.1. The molecule has 0 N–H and O–H groups in total. The van der Waals surface area contributed by atoms with Gasteiger partial charge < -0.3 is 14.0 Å². The van der Waals surface area contributed by atoms with Crippen LogP contribution in [0.3, 0.4) is 0 Å². The molecule has 1 heterocycles. The fraction of sp³-hybridized carbons (Fsp3) is 0.400. The van der Waals surface area contributed by atoms with E-state index in [1.807, 2.05) is 22.8 Å². The molecule has 0 atom stereocenters. The van der Waals surface area contributed by atoms with Gasteiger partial charge in [0, 0.05) is 26.0 Å². The highest BCUT2D eigenvalue weighted by atomic mass is 32.2. The maximum Gasteiger partial charge on any atom is 0.337 e. The van der Waals surface area contributed by atoms with Crippen molar-refractivity contribution >= 4 is 17.7 Å². The second-order valence-electron chi connectivity index (χ2n) is 4.63. The van der Waals surface area contributed by atoms with Crippen molar-refractivity contribution in [3.05, 3.63) is 41.7 Å². The van der Waals surface area contributed by atoms with Crippen molar-refractivity contribution in [3.8, 4) is 0 Å². The van der Waals surface area contributed by atoms with Crippen LogP contribution in [0, 0.1) is 0 Å². The van der Waals surface area contributed by atoms with E-state index < -0.39 is 0 Å². The van der Waals surface area contributed by atoms with Crippen LogP contribution in [0.15, 0.2) is 35.7 Å². The van der Waals surface area contributed by atoms with Gasteiger partial charge >= 0.3 is 5.97 Å². The second-order valence-corrected chi connectivity index (χ2v) is 5.58. The monoisotopic (exact) mass is 321 g/mol. The van der Waals surface area contributed by atoms with Gasteiger partial charge in [-0.15, -0.1) is 10.2 Å². The third kappa shape index (κ3) is 4.57. The number of aromatic nitrogens is 3. The molecule has 7 heteroatoms. The topological polar surface area (TPSA) is 66.2 Å². The minimum atomic E-state index is -0.324. The number of hydrogen-bond donors (Lipinski definition) is 0. The summed E-state index contributed by atoms with van der Waals surface area (Å²) in [6.45, 7) is 1.54. The smallest absolute Gasteiger partial charge is 0.337 e. The highest BCUT2D eigenvalue weighted by molar-refractivity contribution is 7.98. The Balaban J connectivity index is 1.96. The summed E-state index contributed by atoms with van der Waals surface area (Å²) in [7, 11) is 3.07. The van der Waals surface area contributed by atoms with Gasteiger partial charge in [0.2, 0.25) is 0 Å². The number of ether oxygens (including phenoxy) is 2. The van der Waals surface area contributed by atoms with Gasteiger partial charge in [-0.05, 0) is 24.1 Å². The summed E-state index contributed by atoms with van der Waals surface area (Å²) in [6, 6.07) is 7.41. The Labute approximate surface area is 133 Å². The Hall–Kier alpha value is -1.86. The van der Waals surface area contributed by atoms with Crippen molar-refractivity contribution in [2.24, 2.45) is 0 Å². The number of nitrogens with zero attached hydrogens (tertiary/aromatic N) is 3. The molecule has 0 aliphatic rings. The van der Waals surface area contributed by atoms with E-state index in [0.29, 0.717) is 17.9 Å². The van der Waals surface area contributed by atoms with Crippen LogP contribution in [0.25, 0.3) is 0 Å². The number of methoxy groups -OCH3 is 2. The maximum atomic E-state index is 11.5. The lowest BCUT2D eigenvalue weighted by Crippen LogP contribution is -2.03. The van der Waals surface area contributed by atoms with Crippen LogP contribution in [-0.2, 0) is 21.8 Å². The molecule has 0 amide bonds. The van der Waals surface area contributed by atoms with Crippen molar-refractivity contribution < 1.29 is 14.3 Å². The zero-order chi connectivity index (χ0) is 15.8. The molecule has 0 saturated heterocycles. The first-order chi connectivity index (χ1) is 10.7. The van der Waals surface area contributed by atoms with Gasteiger partial charge in [-0.3, -0.25) is 0 Å².